The highest BCUT2D eigenvalue weighted by Crippen LogP contribution is 2.32. The SMILES string of the molecule is CCn1ccnc1C[S@@](=O)c1cc(OC)c(OC)cc1C. The van der Waals surface area contributed by atoms with Crippen molar-refractivity contribution in [1.82, 2.24) is 9.55 Å². The smallest absolute Gasteiger partial charge is 0.161 e. The summed E-state index contributed by atoms with van der Waals surface area (Å²) in [5, 5.41) is 0. The summed E-state index contributed by atoms with van der Waals surface area (Å²) in [7, 11) is 1.99. The van der Waals surface area contributed by atoms with Crippen molar-refractivity contribution in [2.24, 2.45) is 0 Å². The molecule has 5 nitrogen and oxygen atoms in total. The van der Waals surface area contributed by atoms with Crippen LogP contribution in [0.15, 0.2) is 29.4 Å². The molecule has 0 N–H and O–H groups in total. The molecule has 0 saturated carbocycles. The first-order chi connectivity index (χ1) is 10.1. The first-order valence-corrected chi connectivity index (χ1v) is 8.03. The lowest BCUT2D eigenvalue weighted by molar-refractivity contribution is 0.353. The summed E-state index contributed by atoms with van der Waals surface area (Å²) in [6.45, 7) is 4.77. The molecular weight excluding hydrogens is 288 g/mol. The van der Waals surface area contributed by atoms with Gasteiger partial charge in [-0.25, -0.2) is 4.98 Å². The maximum absolute atomic E-state index is 12.6. The molecule has 2 aromatic rings. The van der Waals surface area contributed by atoms with Gasteiger partial charge in [-0.05, 0) is 25.5 Å². The van der Waals surface area contributed by atoms with Gasteiger partial charge in [0, 0.05) is 29.9 Å². The number of nitrogens with zero attached hydrogens (tertiary/aromatic N) is 2. The molecule has 21 heavy (non-hydrogen) atoms. The van der Waals surface area contributed by atoms with E-state index in [1.807, 2.05) is 30.7 Å². The van der Waals surface area contributed by atoms with E-state index in [0.29, 0.717) is 17.3 Å². The van der Waals surface area contributed by atoms with Crippen LogP contribution < -0.4 is 9.47 Å². The number of hydrogen-bond donors (Lipinski definition) is 0. The average molecular weight is 308 g/mol. The van der Waals surface area contributed by atoms with Crippen LogP contribution in [-0.4, -0.2) is 28.0 Å². The largest absolute Gasteiger partial charge is 0.493 e. The topological polar surface area (TPSA) is 53.4 Å². The highest BCUT2D eigenvalue weighted by atomic mass is 32.2. The van der Waals surface area contributed by atoms with Gasteiger partial charge in [-0.15, -0.1) is 0 Å². The maximum atomic E-state index is 12.6. The fourth-order valence-electron chi connectivity index (χ4n) is 2.17. The highest BCUT2D eigenvalue weighted by Gasteiger charge is 2.15. The Morgan fingerprint density at radius 2 is 1.90 bits per heavy atom. The Hall–Kier alpha value is -1.82. The standard InChI is InChI=1S/C15H20N2O3S/c1-5-17-7-6-16-15(17)10-21(18)14-9-13(20-4)12(19-3)8-11(14)2/h6-9H,5,10H2,1-4H3/t21-/m1/s1. The van der Waals surface area contributed by atoms with Crippen LogP contribution in [0.3, 0.4) is 0 Å². The number of benzene rings is 1. The van der Waals surface area contributed by atoms with Crippen LogP contribution in [0.1, 0.15) is 18.3 Å². The number of methoxy groups -OCH3 is 2. The molecule has 1 aromatic carbocycles. The molecule has 1 aromatic heterocycles. The van der Waals surface area contributed by atoms with Gasteiger partial charge in [0.2, 0.25) is 0 Å². The van der Waals surface area contributed by atoms with E-state index in [2.05, 4.69) is 4.98 Å². The number of ether oxygens (including phenoxy) is 2. The van der Waals surface area contributed by atoms with Crippen molar-refractivity contribution in [3.63, 3.8) is 0 Å². The number of aryl methyl sites for hydroxylation is 2. The lowest BCUT2D eigenvalue weighted by Gasteiger charge is -2.12. The van der Waals surface area contributed by atoms with Gasteiger partial charge in [0.1, 0.15) is 5.82 Å². The van der Waals surface area contributed by atoms with Gasteiger partial charge in [0.05, 0.1) is 30.8 Å². The molecule has 0 fully saturated rings. The summed E-state index contributed by atoms with van der Waals surface area (Å²) < 4.78 is 25.2. The van der Waals surface area contributed by atoms with Crippen molar-refractivity contribution in [2.75, 3.05) is 14.2 Å². The summed E-state index contributed by atoms with van der Waals surface area (Å²) in [5.41, 5.74) is 0.917. The third kappa shape index (κ3) is 3.26. The van der Waals surface area contributed by atoms with Crippen molar-refractivity contribution in [2.45, 2.75) is 31.0 Å². The monoisotopic (exact) mass is 308 g/mol. The van der Waals surface area contributed by atoms with Crippen LogP contribution in [0.5, 0.6) is 11.5 Å². The molecule has 0 radical (unpaired) electrons. The van der Waals surface area contributed by atoms with Crippen molar-refractivity contribution < 1.29 is 13.7 Å². The summed E-state index contributed by atoms with van der Waals surface area (Å²) in [6, 6.07) is 3.63. The molecular formula is C15H20N2O3S. The van der Waals surface area contributed by atoms with Gasteiger partial charge in [-0.1, -0.05) is 0 Å². The Balaban J connectivity index is 2.31. The molecule has 0 amide bonds. The molecule has 6 heteroatoms. The predicted molar refractivity (Wildman–Crippen MR) is 82.3 cm³/mol. The van der Waals surface area contributed by atoms with Crippen molar-refractivity contribution in [1.29, 1.82) is 0 Å². The third-order valence-electron chi connectivity index (χ3n) is 3.33. The molecule has 0 spiro atoms. The zero-order valence-electron chi connectivity index (χ0n) is 12.8. The van der Waals surface area contributed by atoms with Gasteiger partial charge < -0.3 is 14.0 Å². The second-order valence-corrected chi connectivity index (χ2v) is 6.01. The molecule has 0 unspecified atom stereocenters. The van der Waals surface area contributed by atoms with Crippen LogP contribution in [-0.2, 0) is 23.1 Å². The van der Waals surface area contributed by atoms with E-state index in [4.69, 9.17) is 9.47 Å². The summed E-state index contributed by atoms with van der Waals surface area (Å²) >= 11 is 0. The molecule has 1 heterocycles. The molecule has 0 aliphatic rings. The third-order valence-corrected chi connectivity index (χ3v) is 4.78. The summed E-state index contributed by atoms with van der Waals surface area (Å²) in [6.07, 6.45) is 3.63. The van der Waals surface area contributed by atoms with Crippen LogP contribution >= 0.6 is 0 Å². The van der Waals surface area contributed by atoms with Gasteiger partial charge in [-0.2, -0.15) is 0 Å². The van der Waals surface area contributed by atoms with Crippen LogP contribution in [0, 0.1) is 6.92 Å². The normalized spacial score (nSPS) is 12.2. The lowest BCUT2D eigenvalue weighted by atomic mass is 10.2. The van der Waals surface area contributed by atoms with Gasteiger partial charge in [0.15, 0.2) is 11.5 Å². The fraction of sp³-hybridized carbons (Fsp3) is 0.400. The van der Waals surface area contributed by atoms with E-state index in [-0.39, 0.29) is 0 Å². The second-order valence-electron chi connectivity index (χ2n) is 4.59. The number of aromatic nitrogens is 2. The Kier molecular flexibility index (Phi) is 5.01. The minimum Gasteiger partial charge on any atom is -0.493 e. The van der Waals surface area contributed by atoms with Crippen molar-refractivity contribution >= 4 is 10.8 Å². The van der Waals surface area contributed by atoms with Crippen molar-refractivity contribution in [3.8, 4) is 11.5 Å². The first kappa shape index (κ1) is 15.6. The summed E-state index contributed by atoms with van der Waals surface area (Å²) in [5.74, 6) is 2.44. The Morgan fingerprint density at radius 3 is 2.52 bits per heavy atom. The molecule has 1 atom stereocenters. The number of hydrogen-bond acceptors (Lipinski definition) is 4. The first-order valence-electron chi connectivity index (χ1n) is 6.71. The predicted octanol–water partition coefficient (Wildman–Crippen LogP) is 2.54. The van der Waals surface area contributed by atoms with E-state index < -0.39 is 10.8 Å². The Bertz CT molecular complexity index is 652. The zero-order valence-corrected chi connectivity index (χ0v) is 13.6. The van der Waals surface area contributed by atoms with Crippen molar-refractivity contribution in [3.05, 3.63) is 35.9 Å². The van der Waals surface area contributed by atoms with E-state index >= 15 is 0 Å². The van der Waals surface area contributed by atoms with Crippen LogP contribution in [0.4, 0.5) is 0 Å². The highest BCUT2D eigenvalue weighted by molar-refractivity contribution is 7.84. The summed E-state index contributed by atoms with van der Waals surface area (Å²) in [4.78, 5) is 5.02. The van der Waals surface area contributed by atoms with Crippen LogP contribution in [0.25, 0.3) is 0 Å². The van der Waals surface area contributed by atoms with E-state index in [9.17, 15) is 4.21 Å². The zero-order chi connectivity index (χ0) is 15.4. The Morgan fingerprint density at radius 1 is 1.24 bits per heavy atom. The molecule has 0 saturated heterocycles. The van der Waals surface area contributed by atoms with E-state index in [1.54, 1.807) is 26.5 Å². The van der Waals surface area contributed by atoms with Crippen LogP contribution in [0.2, 0.25) is 0 Å². The molecule has 2 rings (SSSR count). The Labute approximate surface area is 127 Å². The minimum absolute atomic E-state index is 0.386. The van der Waals surface area contributed by atoms with Gasteiger partial charge in [0.25, 0.3) is 0 Å². The van der Waals surface area contributed by atoms with Gasteiger partial charge in [-0.3, -0.25) is 4.21 Å². The fourth-order valence-corrected chi connectivity index (χ4v) is 3.46. The molecule has 114 valence electrons. The second kappa shape index (κ2) is 6.76. The number of imidazole rings is 1. The molecule has 0 bridgehead atoms. The van der Waals surface area contributed by atoms with E-state index in [0.717, 1.165) is 22.8 Å². The van der Waals surface area contributed by atoms with Gasteiger partial charge >= 0.3 is 0 Å². The quantitative estimate of drug-likeness (QED) is 0.823. The minimum atomic E-state index is -1.18. The van der Waals surface area contributed by atoms with E-state index in [1.165, 1.54) is 0 Å². The average Bonchev–Trinajstić information content (AvgIpc) is 2.93. The lowest BCUT2D eigenvalue weighted by Crippen LogP contribution is -2.06. The molecule has 0 aliphatic carbocycles. The molecule has 0 aliphatic heterocycles. The maximum Gasteiger partial charge on any atom is 0.161 e. The number of rotatable bonds is 6.